The fraction of sp³-hybridized carbons (Fsp3) is 0.500. The lowest BCUT2D eigenvalue weighted by Gasteiger charge is -2.42. The zero-order chi connectivity index (χ0) is 18.6. The Hall–Kier alpha value is -2.68. The summed E-state index contributed by atoms with van der Waals surface area (Å²) in [6, 6.07) is 3.96. The van der Waals surface area contributed by atoms with Crippen LogP contribution in [0.4, 0.5) is 5.69 Å². The van der Waals surface area contributed by atoms with E-state index >= 15 is 0 Å². The molecule has 136 valence electrons. The number of methoxy groups -OCH3 is 1. The van der Waals surface area contributed by atoms with Gasteiger partial charge in [0.25, 0.3) is 11.6 Å². The van der Waals surface area contributed by atoms with Gasteiger partial charge in [-0.2, -0.15) is 0 Å². The molecule has 9 nitrogen and oxygen atoms in total. The summed E-state index contributed by atoms with van der Waals surface area (Å²) in [5.74, 6) is -1.06. The number of rotatable bonds is 8. The maximum atomic E-state index is 12.4. The number of nitro groups is 1. The Morgan fingerprint density at radius 3 is 2.64 bits per heavy atom. The van der Waals surface area contributed by atoms with Crippen LogP contribution in [0, 0.1) is 10.1 Å². The molecule has 0 unspecified atom stereocenters. The molecule has 1 amide bonds. The highest BCUT2D eigenvalue weighted by Gasteiger charge is 2.35. The number of hydrogen-bond donors (Lipinski definition) is 2. The number of carboxylic acids is 1. The van der Waals surface area contributed by atoms with Crippen LogP contribution in [0.5, 0.6) is 5.75 Å². The molecule has 0 saturated heterocycles. The third kappa shape index (κ3) is 4.44. The van der Waals surface area contributed by atoms with E-state index in [-0.39, 0.29) is 29.9 Å². The Kier molecular flexibility index (Phi) is 5.92. The van der Waals surface area contributed by atoms with E-state index in [1.807, 2.05) is 11.8 Å². The van der Waals surface area contributed by atoms with Crippen molar-refractivity contribution in [2.75, 3.05) is 20.2 Å². The van der Waals surface area contributed by atoms with Gasteiger partial charge in [0.05, 0.1) is 18.6 Å². The lowest BCUT2D eigenvalue weighted by molar-refractivity contribution is -0.385. The highest BCUT2D eigenvalue weighted by atomic mass is 16.6. The molecule has 0 radical (unpaired) electrons. The SMILES string of the molecule is CCN(CC(=O)O)C1CC(NC(=O)c2cc(OC)ccc2[N+](=O)[O-])C1. The van der Waals surface area contributed by atoms with Crippen molar-refractivity contribution in [1.82, 2.24) is 10.2 Å². The second-order valence-corrected chi connectivity index (χ2v) is 5.89. The van der Waals surface area contributed by atoms with Crippen molar-refractivity contribution in [2.24, 2.45) is 0 Å². The second-order valence-electron chi connectivity index (χ2n) is 5.89. The monoisotopic (exact) mass is 351 g/mol. The Balaban J connectivity index is 2.00. The number of likely N-dealkylation sites (N-methyl/N-ethyl adjacent to an activating group) is 1. The van der Waals surface area contributed by atoms with Crippen LogP contribution < -0.4 is 10.1 Å². The van der Waals surface area contributed by atoms with Crippen molar-refractivity contribution < 1.29 is 24.4 Å². The maximum Gasteiger partial charge on any atom is 0.317 e. The zero-order valence-corrected chi connectivity index (χ0v) is 14.1. The quantitative estimate of drug-likeness (QED) is 0.534. The molecule has 1 aromatic rings. The van der Waals surface area contributed by atoms with Gasteiger partial charge in [0.15, 0.2) is 0 Å². The number of hydrogen-bond acceptors (Lipinski definition) is 6. The molecule has 0 spiro atoms. The van der Waals surface area contributed by atoms with Gasteiger partial charge in [-0.1, -0.05) is 6.92 Å². The number of benzene rings is 1. The first kappa shape index (κ1) is 18.7. The largest absolute Gasteiger partial charge is 0.497 e. The van der Waals surface area contributed by atoms with Gasteiger partial charge in [0, 0.05) is 18.2 Å². The number of carboxylic acid groups (broad SMARTS) is 1. The van der Waals surface area contributed by atoms with Gasteiger partial charge in [-0.25, -0.2) is 0 Å². The minimum Gasteiger partial charge on any atom is -0.497 e. The summed E-state index contributed by atoms with van der Waals surface area (Å²) in [7, 11) is 1.42. The molecule has 1 fully saturated rings. The molecule has 0 atom stereocenters. The van der Waals surface area contributed by atoms with Crippen LogP contribution in [0.1, 0.15) is 30.1 Å². The normalized spacial score (nSPS) is 19.2. The number of ether oxygens (including phenoxy) is 1. The number of aliphatic carboxylic acids is 1. The highest BCUT2D eigenvalue weighted by molar-refractivity contribution is 5.98. The fourth-order valence-corrected chi connectivity index (χ4v) is 2.92. The number of carbonyl (C=O) groups is 2. The van der Waals surface area contributed by atoms with E-state index < -0.39 is 16.8 Å². The lowest BCUT2D eigenvalue weighted by atomic mass is 9.85. The molecule has 0 heterocycles. The van der Waals surface area contributed by atoms with Crippen molar-refractivity contribution >= 4 is 17.6 Å². The minimum atomic E-state index is -0.888. The first-order valence-electron chi connectivity index (χ1n) is 7.94. The molecule has 25 heavy (non-hydrogen) atoms. The first-order valence-corrected chi connectivity index (χ1v) is 7.94. The standard InChI is InChI=1S/C16H21N3O6/c1-3-18(9-15(20)21)11-6-10(7-11)17-16(22)13-8-12(25-2)4-5-14(13)19(23)24/h4-5,8,10-11H,3,6-7,9H2,1-2H3,(H,17,22)(H,20,21). The van der Waals surface area contributed by atoms with Crippen LogP contribution in [-0.4, -0.2) is 59.1 Å². The minimum absolute atomic E-state index is 0.0385. The maximum absolute atomic E-state index is 12.4. The Morgan fingerprint density at radius 1 is 1.44 bits per heavy atom. The zero-order valence-electron chi connectivity index (χ0n) is 14.1. The van der Waals surface area contributed by atoms with Crippen molar-refractivity contribution in [2.45, 2.75) is 31.8 Å². The van der Waals surface area contributed by atoms with Crippen molar-refractivity contribution in [3.63, 3.8) is 0 Å². The van der Waals surface area contributed by atoms with Gasteiger partial charge in [-0.05, 0) is 31.5 Å². The summed E-state index contributed by atoms with van der Waals surface area (Å²) in [5, 5.41) is 22.8. The number of amides is 1. The van der Waals surface area contributed by atoms with Gasteiger partial charge in [0.2, 0.25) is 0 Å². The lowest BCUT2D eigenvalue weighted by Crippen LogP contribution is -2.54. The summed E-state index contributed by atoms with van der Waals surface area (Å²) in [6.45, 7) is 2.45. The van der Waals surface area contributed by atoms with Crippen LogP contribution in [0.15, 0.2) is 18.2 Å². The molecule has 2 N–H and O–H groups in total. The van der Waals surface area contributed by atoms with E-state index in [1.54, 1.807) is 0 Å². The Bertz CT molecular complexity index is 672. The molecule has 0 bridgehead atoms. The third-order valence-electron chi connectivity index (χ3n) is 4.35. The number of nitrogens with one attached hydrogen (secondary N) is 1. The Labute approximate surface area is 144 Å². The van der Waals surface area contributed by atoms with Gasteiger partial charge in [0.1, 0.15) is 11.3 Å². The van der Waals surface area contributed by atoms with E-state index in [2.05, 4.69) is 5.32 Å². The van der Waals surface area contributed by atoms with Gasteiger partial charge in [-0.15, -0.1) is 0 Å². The van der Waals surface area contributed by atoms with E-state index in [0.717, 1.165) is 0 Å². The fourth-order valence-electron chi connectivity index (χ4n) is 2.92. The summed E-state index contributed by atoms with van der Waals surface area (Å²) in [4.78, 5) is 35.5. The molecule has 1 aliphatic carbocycles. The van der Waals surface area contributed by atoms with Crippen LogP contribution in [0.2, 0.25) is 0 Å². The average molecular weight is 351 g/mol. The summed E-state index contributed by atoms with van der Waals surface area (Å²) >= 11 is 0. The molecule has 0 aliphatic heterocycles. The van der Waals surface area contributed by atoms with Crippen molar-refractivity contribution in [3.8, 4) is 5.75 Å². The first-order chi connectivity index (χ1) is 11.8. The second kappa shape index (κ2) is 7.93. The summed E-state index contributed by atoms with van der Waals surface area (Å²) < 4.78 is 5.02. The number of carbonyl (C=O) groups excluding carboxylic acids is 1. The van der Waals surface area contributed by atoms with Crippen LogP contribution in [0.25, 0.3) is 0 Å². The summed E-state index contributed by atoms with van der Waals surface area (Å²) in [6.07, 6.45) is 1.23. The smallest absolute Gasteiger partial charge is 0.317 e. The van der Waals surface area contributed by atoms with E-state index in [9.17, 15) is 19.7 Å². The Morgan fingerprint density at radius 2 is 2.12 bits per heavy atom. The molecule has 2 rings (SSSR count). The van der Waals surface area contributed by atoms with Gasteiger partial charge < -0.3 is 15.2 Å². The number of nitrogens with zero attached hydrogens (tertiary/aromatic N) is 2. The third-order valence-corrected chi connectivity index (χ3v) is 4.35. The average Bonchev–Trinajstić information content (AvgIpc) is 2.54. The number of nitro benzene ring substituents is 1. The molecular formula is C16H21N3O6. The molecule has 9 heteroatoms. The molecule has 1 saturated carbocycles. The van der Waals surface area contributed by atoms with Gasteiger partial charge in [-0.3, -0.25) is 24.6 Å². The topological polar surface area (TPSA) is 122 Å². The predicted molar refractivity (Wildman–Crippen MR) is 88.8 cm³/mol. The van der Waals surface area contributed by atoms with E-state index in [0.29, 0.717) is 25.1 Å². The molecule has 1 aromatic carbocycles. The molecular weight excluding hydrogens is 330 g/mol. The highest BCUT2D eigenvalue weighted by Crippen LogP contribution is 2.28. The van der Waals surface area contributed by atoms with E-state index in [1.165, 1.54) is 25.3 Å². The summed E-state index contributed by atoms with van der Waals surface area (Å²) in [5.41, 5.74) is -0.332. The molecule has 1 aliphatic rings. The van der Waals surface area contributed by atoms with Crippen LogP contribution in [-0.2, 0) is 4.79 Å². The van der Waals surface area contributed by atoms with E-state index in [4.69, 9.17) is 9.84 Å². The van der Waals surface area contributed by atoms with Crippen molar-refractivity contribution in [1.29, 1.82) is 0 Å². The van der Waals surface area contributed by atoms with Crippen LogP contribution >= 0.6 is 0 Å². The predicted octanol–water partition coefficient (Wildman–Crippen LogP) is 1.27. The van der Waals surface area contributed by atoms with Crippen molar-refractivity contribution in [3.05, 3.63) is 33.9 Å². The van der Waals surface area contributed by atoms with Gasteiger partial charge >= 0.3 is 5.97 Å². The van der Waals surface area contributed by atoms with Crippen LogP contribution in [0.3, 0.4) is 0 Å². The molecule has 0 aromatic heterocycles.